The van der Waals surface area contributed by atoms with Crippen LogP contribution in [0.15, 0.2) is 66.0 Å². The number of rotatable bonds is 6. The monoisotopic (exact) mass is 323 g/mol. The fraction of sp³-hybridized carbons (Fsp3) is 0.111. The van der Waals surface area contributed by atoms with Crippen molar-refractivity contribution in [3.63, 3.8) is 0 Å². The minimum atomic E-state index is -0.140. The number of benzene rings is 2. The third kappa shape index (κ3) is 4.40. The molecule has 0 bridgehead atoms. The predicted octanol–water partition coefficient (Wildman–Crippen LogP) is 3.86. The summed E-state index contributed by atoms with van der Waals surface area (Å²) in [6.45, 7) is 0.599. The van der Waals surface area contributed by atoms with Gasteiger partial charge in [-0.15, -0.1) is 11.3 Å². The lowest BCUT2D eigenvalue weighted by atomic mass is 10.1. The molecule has 3 rings (SSSR count). The number of carbonyl (C=O) groups is 1. The molecule has 0 aliphatic rings. The van der Waals surface area contributed by atoms with Gasteiger partial charge in [0.2, 0.25) is 0 Å². The van der Waals surface area contributed by atoms with E-state index in [1.807, 2.05) is 48.5 Å². The van der Waals surface area contributed by atoms with Gasteiger partial charge in [0.25, 0.3) is 5.91 Å². The van der Waals surface area contributed by atoms with Crippen molar-refractivity contribution in [3.05, 3.63) is 77.3 Å². The molecule has 3 aromatic rings. The number of hydrogen-bond acceptors (Lipinski definition) is 4. The lowest BCUT2D eigenvalue weighted by Crippen LogP contribution is -2.25. The molecule has 2 N–H and O–H groups in total. The van der Waals surface area contributed by atoms with Crippen molar-refractivity contribution in [2.24, 2.45) is 0 Å². The first-order chi connectivity index (χ1) is 11.3. The lowest BCUT2D eigenvalue weighted by Gasteiger charge is -2.03. The van der Waals surface area contributed by atoms with E-state index < -0.39 is 0 Å². The average molecular weight is 323 g/mol. The van der Waals surface area contributed by atoms with Gasteiger partial charge in [-0.2, -0.15) is 0 Å². The third-order valence-electron chi connectivity index (χ3n) is 3.30. The second-order valence-corrected chi connectivity index (χ2v) is 5.88. The van der Waals surface area contributed by atoms with E-state index in [1.54, 1.807) is 5.38 Å². The van der Waals surface area contributed by atoms with Gasteiger partial charge in [0.05, 0.1) is 0 Å². The van der Waals surface area contributed by atoms with Gasteiger partial charge in [-0.05, 0) is 24.1 Å². The van der Waals surface area contributed by atoms with Gasteiger partial charge < -0.3 is 10.6 Å². The highest BCUT2D eigenvalue weighted by molar-refractivity contribution is 7.14. The number of thiazole rings is 1. The Labute approximate surface area is 139 Å². The summed E-state index contributed by atoms with van der Waals surface area (Å²) in [5.74, 6) is -0.140. The van der Waals surface area contributed by atoms with E-state index in [0.717, 1.165) is 12.1 Å². The van der Waals surface area contributed by atoms with Crippen molar-refractivity contribution >= 4 is 28.1 Å². The van der Waals surface area contributed by atoms with Crippen molar-refractivity contribution < 1.29 is 4.79 Å². The van der Waals surface area contributed by atoms with Crippen LogP contribution < -0.4 is 10.6 Å². The summed E-state index contributed by atoms with van der Waals surface area (Å²) in [4.78, 5) is 16.4. The van der Waals surface area contributed by atoms with Gasteiger partial charge in [-0.1, -0.05) is 48.5 Å². The van der Waals surface area contributed by atoms with E-state index in [4.69, 9.17) is 0 Å². The number of para-hydroxylation sites is 1. The fourth-order valence-electron chi connectivity index (χ4n) is 2.14. The largest absolute Gasteiger partial charge is 0.350 e. The number of aromatic nitrogens is 1. The molecule has 4 nitrogen and oxygen atoms in total. The normalized spacial score (nSPS) is 10.3. The molecule has 0 spiro atoms. The van der Waals surface area contributed by atoms with E-state index in [0.29, 0.717) is 17.4 Å². The van der Waals surface area contributed by atoms with Crippen LogP contribution in [0.3, 0.4) is 0 Å². The predicted molar refractivity (Wildman–Crippen MR) is 94.3 cm³/mol. The van der Waals surface area contributed by atoms with Gasteiger partial charge in [-0.25, -0.2) is 4.98 Å². The minimum absolute atomic E-state index is 0.140. The molecule has 0 unspecified atom stereocenters. The molecule has 0 atom stereocenters. The maximum absolute atomic E-state index is 12.1. The molecule has 1 amide bonds. The zero-order valence-corrected chi connectivity index (χ0v) is 13.3. The van der Waals surface area contributed by atoms with Crippen LogP contribution in [-0.4, -0.2) is 17.4 Å². The number of amides is 1. The Morgan fingerprint density at radius 3 is 2.43 bits per heavy atom. The lowest BCUT2D eigenvalue weighted by molar-refractivity contribution is 0.0950. The van der Waals surface area contributed by atoms with Crippen molar-refractivity contribution in [1.29, 1.82) is 0 Å². The maximum atomic E-state index is 12.1. The number of nitrogens with one attached hydrogen (secondary N) is 2. The summed E-state index contributed by atoms with van der Waals surface area (Å²) in [5, 5.41) is 8.57. The molecule has 1 aromatic heterocycles. The van der Waals surface area contributed by atoms with Gasteiger partial charge in [0.1, 0.15) is 5.69 Å². The minimum Gasteiger partial charge on any atom is -0.350 e. The molecule has 0 fully saturated rings. The molecule has 0 saturated heterocycles. The Bertz CT molecular complexity index is 756. The molecular weight excluding hydrogens is 306 g/mol. The Morgan fingerprint density at radius 1 is 1.00 bits per heavy atom. The Hall–Kier alpha value is -2.66. The van der Waals surface area contributed by atoms with Crippen molar-refractivity contribution in [2.75, 3.05) is 11.9 Å². The first-order valence-electron chi connectivity index (χ1n) is 7.41. The van der Waals surface area contributed by atoms with E-state index in [9.17, 15) is 4.79 Å². The smallest absolute Gasteiger partial charge is 0.270 e. The number of carbonyl (C=O) groups excluding carboxylic acids is 1. The second-order valence-electron chi connectivity index (χ2n) is 5.02. The maximum Gasteiger partial charge on any atom is 0.270 e. The number of hydrogen-bond donors (Lipinski definition) is 2. The molecular formula is C18H17N3OS. The summed E-state index contributed by atoms with van der Waals surface area (Å²) >= 11 is 1.42. The first-order valence-corrected chi connectivity index (χ1v) is 8.29. The van der Waals surface area contributed by atoms with E-state index in [2.05, 4.69) is 27.8 Å². The molecule has 0 aliphatic heterocycles. The second kappa shape index (κ2) is 7.56. The van der Waals surface area contributed by atoms with Crippen LogP contribution in [0.1, 0.15) is 16.1 Å². The molecule has 1 heterocycles. The summed E-state index contributed by atoms with van der Waals surface area (Å²) in [7, 11) is 0. The van der Waals surface area contributed by atoms with Crippen LogP contribution in [0, 0.1) is 0 Å². The van der Waals surface area contributed by atoms with Gasteiger partial charge >= 0.3 is 0 Å². The van der Waals surface area contributed by atoms with Gasteiger partial charge in [-0.3, -0.25) is 4.79 Å². The molecule has 0 saturated carbocycles. The summed E-state index contributed by atoms with van der Waals surface area (Å²) in [6, 6.07) is 19.9. The third-order valence-corrected chi connectivity index (χ3v) is 4.06. The molecule has 116 valence electrons. The van der Waals surface area contributed by atoms with Gasteiger partial charge in [0.15, 0.2) is 5.13 Å². The molecule has 0 radical (unpaired) electrons. The Kier molecular flexibility index (Phi) is 5.01. The topological polar surface area (TPSA) is 54.0 Å². The van der Waals surface area contributed by atoms with Crippen LogP contribution in [-0.2, 0) is 6.42 Å². The van der Waals surface area contributed by atoms with Crippen molar-refractivity contribution in [2.45, 2.75) is 6.42 Å². The van der Waals surface area contributed by atoms with Crippen molar-refractivity contribution in [3.8, 4) is 0 Å². The van der Waals surface area contributed by atoms with Crippen molar-refractivity contribution in [1.82, 2.24) is 10.3 Å². The highest BCUT2D eigenvalue weighted by Gasteiger charge is 2.10. The Balaban J connectivity index is 1.52. The van der Waals surface area contributed by atoms with Gasteiger partial charge in [0, 0.05) is 17.6 Å². The van der Waals surface area contributed by atoms with E-state index in [1.165, 1.54) is 16.9 Å². The summed E-state index contributed by atoms with van der Waals surface area (Å²) in [6.07, 6.45) is 0.811. The zero-order valence-electron chi connectivity index (χ0n) is 12.5. The van der Waals surface area contributed by atoms with Crippen LogP contribution in [0.2, 0.25) is 0 Å². The van der Waals surface area contributed by atoms with Crippen LogP contribution in [0.4, 0.5) is 10.8 Å². The summed E-state index contributed by atoms with van der Waals surface area (Å²) in [5.41, 5.74) is 2.61. The molecule has 2 aromatic carbocycles. The van der Waals surface area contributed by atoms with Crippen LogP contribution in [0.25, 0.3) is 0 Å². The Morgan fingerprint density at radius 2 is 1.70 bits per heavy atom. The van der Waals surface area contributed by atoms with E-state index >= 15 is 0 Å². The number of anilines is 2. The average Bonchev–Trinajstić information content (AvgIpc) is 3.05. The SMILES string of the molecule is O=C(NCCc1ccccc1)c1csc(Nc2ccccc2)n1. The quantitative estimate of drug-likeness (QED) is 0.724. The number of nitrogens with zero attached hydrogens (tertiary/aromatic N) is 1. The van der Waals surface area contributed by atoms with Crippen LogP contribution in [0.5, 0.6) is 0 Å². The van der Waals surface area contributed by atoms with E-state index in [-0.39, 0.29) is 5.91 Å². The zero-order chi connectivity index (χ0) is 15.9. The van der Waals surface area contributed by atoms with Crippen LogP contribution >= 0.6 is 11.3 Å². The first kappa shape index (κ1) is 15.2. The highest BCUT2D eigenvalue weighted by atomic mass is 32.1. The standard InChI is InChI=1S/C18H17N3OS/c22-17(19-12-11-14-7-3-1-4-8-14)16-13-23-18(21-16)20-15-9-5-2-6-10-15/h1-10,13H,11-12H2,(H,19,22)(H,20,21). The fourth-order valence-corrected chi connectivity index (χ4v) is 2.85. The molecule has 5 heteroatoms. The highest BCUT2D eigenvalue weighted by Crippen LogP contribution is 2.20. The summed E-state index contributed by atoms with van der Waals surface area (Å²) < 4.78 is 0. The molecule has 23 heavy (non-hydrogen) atoms. The molecule has 0 aliphatic carbocycles.